The number of carbonyl (C=O) groups is 2. The minimum absolute atomic E-state index is 0.201. The number of hydrogen-bond acceptors (Lipinski definition) is 8. The normalized spacial score (nSPS) is 27.6. The number of nitrogens with two attached hydrogens (primary N) is 2. The zero-order valence-corrected chi connectivity index (χ0v) is 16.8. The van der Waals surface area contributed by atoms with Crippen LogP contribution in [0.5, 0.6) is 0 Å². The van der Waals surface area contributed by atoms with Crippen LogP contribution in [0.25, 0.3) is 0 Å². The molecule has 0 spiro atoms. The summed E-state index contributed by atoms with van der Waals surface area (Å²) in [6, 6.07) is -0.244. The molecular weight excluding hydrogens is 362 g/mol. The second-order valence-electron chi connectivity index (χ2n) is 7.76. The summed E-state index contributed by atoms with van der Waals surface area (Å²) in [5.41, 5.74) is 8.03. The Bertz CT molecular complexity index is 542. The molecule has 1 saturated heterocycles. The number of carbonyl (C=O) groups excluding carboxylic acids is 2. The summed E-state index contributed by atoms with van der Waals surface area (Å²) in [5.74, 6) is 7.02. The highest BCUT2D eigenvalue weighted by Crippen LogP contribution is 2.40. The summed E-state index contributed by atoms with van der Waals surface area (Å²) < 4.78 is 10.3. The average molecular weight is 398 g/mol. The molecule has 0 amide bonds. The number of hydrazine groups is 1. The number of hydrazone groups is 1. The molecule has 4 unspecified atom stereocenters. The Hall–Kier alpha value is -1.87. The summed E-state index contributed by atoms with van der Waals surface area (Å²) in [4.78, 5) is 23.4. The van der Waals surface area contributed by atoms with Crippen molar-refractivity contribution in [2.45, 2.75) is 64.3 Å². The molecule has 2 fully saturated rings. The SMILES string of the molecule is CCC(=O)OCCCOC(=O)C1CC2CC(CC/C(N)=N/NN)CCC2CN1. The Morgan fingerprint density at radius 3 is 2.71 bits per heavy atom. The van der Waals surface area contributed by atoms with Gasteiger partial charge in [0.1, 0.15) is 11.9 Å². The van der Waals surface area contributed by atoms with E-state index in [0.717, 1.165) is 32.2 Å². The molecule has 9 heteroatoms. The van der Waals surface area contributed by atoms with Crippen molar-refractivity contribution in [1.82, 2.24) is 10.9 Å². The van der Waals surface area contributed by atoms with Gasteiger partial charge < -0.3 is 20.5 Å². The number of ether oxygens (including phenoxy) is 2. The first-order chi connectivity index (χ1) is 13.5. The van der Waals surface area contributed by atoms with Crippen LogP contribution in [0, 0.1) is 17.8 Å². The number of esters is 2. The molecule has 0 bridgehead atoms. The van der Waals surface area contributed by atoms with Crippen molar-refractivity contribution in [2.75, 3.05) is 19.8 Å². The van der Waals surface area contributed by atoms with E-state index in [-0.39, 0.29) is 31.2 Å². The van der Waals surface area contributed by atoms with Crippen LogP contribution in [-0.4, -0.2) is 43.6 Å². The van der Waals surface area contributed by atoms with Crippen LogP contribution in [0.15, 0.2) is 5.10 Å². The Kier molecular flexibility index (Phi) is 9.49. The maximum Gasteiger partial charge on any atom is 0.323 e. The summed E-state index contributed by atoms with van der Waals surface area (Å²) in [6.07, 6.45) is 6.93. The van der Waals surface area contributed by atoms with Crippen LogP contribution in [0.1, 0.15) is 58.3 Å². The van der Waals surface area contributed by atoms with Gasteiger partial charge in [0.25, 0.3) is 0 Å². The second kappa shape index (κ2) is 11.9. The Labute approximate surface area is 166 Å². The van der Waals surface area contributed by atoms with Gasteiger partial charge in [-0.1, -0.05) is 13.3 Å². The summed E-state index contributed by atoms with van der Waals surface area (Å²) in [6.45, 7) is 3.18. The quantitative estimate of drug-likeness (QED) is 0.106. The lowest BCUT2D eigenvalue weighted by molar-refractivity contribution is -0.149. The molecule has 0 aromatic rings. The molecule has 9 nitrogen and oxygen atoms in total. The van der Waals surface area contributed by atoms with Gasteiger partial charge in [-0.15, -0.1) is 0 Å². The van der Waals surface area contributed by atoms with Crippen LogP contribution in [-0.2, 0) is 19.1 Å². The first kappa shape index (κ1) is 22.4. The Balaban J connectivity index is 1.69. The monoisotopic (exact) mass is 397 g/mol. The van der Waals surface area contributed by atoms with Crippen molar-refractivity contribution < 1.29 is 19.1 Å². The zero-order valence-electron chi connectivity index (χ0n) is 16.8. The molecule has 1 heterocycles. The van der Waals surface area contributed by atoms with Crippen LogP contribution in [0.3, 0.4) is 0 Å². The molecule has 28 heavy (non-hydrogen) atoms. The molecule has 2 aliphatic rings. The maximum atomic E-state index is 12.4. The van der Waals surface area contributed by atoms with Crippen molar-refractivity contribution >= 4 is 17.8 Å². The van der Waals surface area contributed by atoms with Gasteiger partial charge in [-0.25, -0.2) is 11.4 Å². The summed E-state index contributed by atoms with van der Waals surface area (Å²) in [5, 5.41) is 7.15. The molecule has 160 valence electrons. The predicted octanol–water partition coefficient (Wildman–Crippen LogP) is 0.783. The van der Waals surface area contributed by atoms with E-state index in [1.807, 2.05) is 0 Å². The highest BCUT2D eigenvalue weighted by atomic mass is 16.5. The smallest absolute Gasteiger partial charge is 0.323 e. The van der Waals surface area contributed by atoms with E-state index in [0.29, 0.717) is 36.4 Å². The molecule has 0 radical (unpaired) electrons. The van der Waals surface area contributed by atoms with Crippen molar-refractivity contribution in [3.63, 3.8) is 0 Å². The zero-order chi connectivity index (χ0) is 20.4. The van der Waals surface area contributed by atoms with Crippen LogP contribution >= 0.6 is 0 Å². The van der Waals surface area contributed by atoms with Gasteiger partial charge in [-0.05, 0) is 50.0 Å². The predicted molar refractivity (Wildman–Crippen MR) is 106 cm³/mol. The molecule has 1 aliphatic heterocycles. The lowest BCUT2D eigenvalue weighted by atomic mass is 9.69. The summed E-state index contributed by atoms with van der Waals surface area (Å²) >= 11 is 0. The lowest BCUT2D eigenvalue weighted by Gasteiger charge is -2.42. The van der Waals surface area contributed by atoms with Gasteiger partial charge in [0.15, 0.2) is 0 Å². The number of nitrogens with zero attached hydrogens (tertiary/aromatic N) is 1. The average Bonchev–Trinajstić information content (AvgIpc) is 2.71. The van der Waals surface area contributed by atoms with Crippen LogP contribution in [0.2, 0.25) is 0 Å². The van der Waals surface area contributed by atoms with Crippen molar-refractivity contribution in [1.29, 1.82) is 0 Å². The van der Waals surface area contributed by atoms with Gasteiger partial charge in [0.2, 0.25) is 0 Å². The van der Waals surface area contributed by atoms with Crippen LogP contribution in [0.4, 0.5) is 0 Å². The van der Waals surface area contributed by atoms with Crippen molar-refractivity contribution in [2.24, 2.45) is 34.4 Å². The Morgan fingerprint density at radius 2 is 1.96 bits per heavy atom. The third kappa shape index (κ3) is 7.27. The minimum Gasteiger partial charge on any atom is -0.466 e. The molecule has 0 aromatic carbocycles. The molecule has 4 atom stereocenters. The van der Waals surface area contributed by atoms with Gasteiger partial charge in [0, 0.05) is 19.3 Å². The van der Waals surface area contributed by atoms with E-state index in [1.165, 1.54) is 12.8 Å². The first-order valence-corrected chi connectivity index (χ1v) is 10.4. The third-order valence-corrected chi connectivity index (χ3v) is 5.80. The van der Waals surface area contributed by atoms with Crippen LogP contribution < -0.4 is 22.4 Å². The lowest BCUT2D eigenvalue weighted by Crippen LogP contribution is -2.50. The van der Waals surface area contributed by atoms with Gasteiger partial charge in [0.05, 0.1) is 13.2 Å². The topological polar surface area (TPSA) is 141 Å². The number of nitrogens with one attached hydrogen (secondary N) is 2. The summed E-state index contributed by atoms with van der Waals surface area (Å²) in [7, 11) is 0. The first-order valence-electron chi connectivity index (χ1n) is 10.4. The van der Waals surface area contributed by atoms with E-state index < -0.39 is 0 Å². The largest absolute Gasteiger partial charge is 0.466 e. The van der Waals surface area contributed by atoms with E-state index in [2.05, 4.69) is 16.0 Å². The molecule has 1 saturated carbocycles. The molecular formula is C19H35N5O4. The molecule has 0 aromatic heterocycles. The fourth-order valence-corrected chi connectivity index (χ4v) is 4.21. The standard InChI is InChI=1S/C19H35N5O4/c1-2-18(25)27-8-3-9-28-19(26)16-11-15-10-13(4-6-14(15)12-22-16)5-7-17(20)23-24-21/h13-16,22,24H,2-12,21H2,1H3,(H2,20,23). The number of amidine groups is 1. The third-order valence-electron chi connectivity index (χ3n) is 5.80. The fourth-order valence-electron chi connectivity index (χ4n) is 4.21. The highest BCUT2D eigenvalue weighted by Gasteiger charge is 2.38. The van der Waals surface area contributed by atoms with E-state index >= 15 is 0 Å². The number of fused-ring (bicyclic) bond motifs is 1. The highest BCUT2D eigenvalue weighted by molar-refractivity contribution is 5.79. The fraction of sp³-hybridized carbons (Fsp3) is 0.842. The van der Waals surface area contributed by atoms with E-state index in [4.69, 9.17) is 21.1 Å². The number of hydrogen-bond donors (Lipinski definition) is 4. The van der Waals surface area contributed by atoms with Crippen molar-refractivity contribution in [3.8, 4) is 0 Å². The molecule has 2 rings (SSSR count). The van der Waals surface area contributed by atoms with Gasteiger partial charge in [-0.3, -0.25) is 9.59 Å². The molecule has 6 N–H and O–H groups in total. The van der Waals surface area contributed by atoms with Gasteiger partial charge >= 0.3 is 11.9 Å². The van der Waals surface area contributed by atoms with Gasteiger partial charge in [-0.2, -0.15) is 5.10 Å². The second-order valence-corrected chi connectivity index (χ2v) is 7.76. The van der Waals surface area contributed by atoms with E-state index in [1.54, 1.807) is 6.92 Å². The number of piperidine rings is 1. The maximum absolute atomic E-state index is 12.4. The van der Waals surface area contributed by atoms with E-state index in [9.17, 15) is 9.59 Å². The minimum atomic E-state index is -0.244. The Morgan fingerprint density at radius 1 is 1.18 bits per heavy atom. The van der Waals surface area contributed by atoms with Crippen molar-refractivity contribution in [3.05, 3.63) is 0 Å². The number of rotatable bonds is 10. The molecule has 1 aliphatic carbocycles.